The number of hydrogen-bond donors (Lipinski definition) is 0. The van der Waals surface area contributed by atoms with E-state index in [9.17, 15) is 4.79 Å². The van der Waals surface area contributed by atoms with Crippen molar-refractivity contribution in [2.45, 2.75) is 20.3 Å². The summed E-state index contributed by atoms with van der Waals surface area (Å²) in [5.41, 5.74) is 6.12. The number of hydrogen-bond acceptors (Lipinski definition) is 4. The van der Waals surface area contributed by atoms with Gasteiger partial charge in [0.15, 0.2) is 0 Å². The first-order chi connectivity index (χ1) is 13.6. The summed E-state index contributed by atoms with van der Waals surface area (Å²) in [5, 5.41) is 6.22. The average Bonchev–Trinajstić information content (AvgIpc) is 3.22. The number of piperazine rings is 1. The van der Waals surface area contributed by atoms with Crippen LogP contribution in [0.5, 0.6) is 0 Å². The fourth-order valence-corrected chi connectivity index (χ4v) is 3.97. The molecule has 2 heterocycles. The summed E-state index contributed by atoms with van der Waals surface area (Å²) in [5.74, 6) is 0.103. The Balaban J connectivity index is 1.32. The topological polar surface area (TPSA) is 39.1 Å². The van der Waals surface area contributed by atoms with E-state index in [4.69, 9.17) is 0 Å². The van der Waals surface area contributed by atoms with Gasteiger partial charge in [0.05, 0.1) is 18.8 Å². The Morgan fingerprint density at radius 3 is 2.43 bits per heavy atom. The highest BCUT2D eigenvalue weighted by Crippen LogP contribution is 2.24. The number of hydrazone groups is 1. The lowest BCUT2D eigenvalue weighted by Gasteiger charge is -2.37. The van der Waals surface area contributed by atoms with E-state index in [2.05, 4.69) is 59.1 Å². The van der Waals surface area contributed by atoms with Crippen molar-refractivity contribution in [3.05, 3.63) is 65.2 Å². The molecule has 0 unspecified atom stereocenters. The second-order valence-electron chi connectivity index (χ2n) is 7.66. The SMILES string of the molecule is Cc1cccc(N2CCN(CC(=O)N3CCC(c4ccccc4)=N3)CC2)c1C. The van der Waals surface area contributed by atoms with Crippen LogP contribution in [-0.2, 0) is 4.79 Å². The molecule has 0 radical (unpaired) electrons. The van der Waals surface area contributed by atoms with Crippen LogP contribution in [0.15, 0.2) is 53.6 Å². The van der Waals surface area contributed by atoms with Gasteiger partial charge in [-0.05, 0) is 36.6 Å². The summed E-state index contributed by atoms with van der Waals surface area (Å²) in [7, 11) is 0. The lowest BCUT2D eigenvalue weighted by molar-refractivity contribution is -0.132. The van der Waals surface area contributed by atoms with Crippen molar-refractivity contribution < 1.29 is 4.79 Å². The molecule has 2 aliphatic heterocycles. The molecule has 0 atom stereocenters. The molecule has 2 aromatic rings. The molecule has 0 bridgehead atoms. The molecule has 146 valence electrons. The van der Waals surface area contributed by atoms with Crippen LogP contribution in [0.3, 0.4) is 0 Å². The molecule has 0 N–H and O–H groups in total. The highest BCUT2D eigenvalue weighted by atomic mass is 16.2. The predicted octanol–water partition coefficient (Wildman–Crippen LogP) is 3.06. The quantitative estimate of drug-likeness (QED) is 0.823. The molecule has 1 amide bonds. The van der Waals surface area contributed by atoms with Gasteiger partial charge >= 0.3 is 0 Å². The molecule has 1 saturated heterocycles. The predicted molar refractivity (Wildman–Crippen MR) is 114 cm³/mol. The lowest BCUT2D eigenvalue weighted by Crippen LogP contribution is -2.49. The molecule has 5 heteroatoms. The maximum atomic E-state index is 12.7. The highest BCUT2D eigenvalue weighted by molar-refractivity contribution is 6.02. The third-order valence-corrected chi connectivity index (χ3v) is 5.84. The largest absolute Gasteiger partial charge is 0.369 e. The zero-order valence-corrected chi connectivity index (χ0v) is 16.8. The molecule has 0 saturated carbocycles. The van der Waals surface area contributed by atoms with Crippen molar-refractivity contribution in [3.63, 3.8) is 0 Å². The standard InChI is InChI=1S/C23H28N4O/c1-18-7-6-10-22(19(18)2)26-15-13-25(14-16-26)17-23(28)27-12-11-21(24-27)20-8-4-3-5-9-20/h3-10H,11-17H2,1-2H3. The van der Waals surface area contributed by atoms with Gasteiger partial charge in [0.2, 0.25) is 0 Å². The van der Waals surface area contributed by atoms with E-state index in [1.54, 1.807) is 5.01 Å². The third-order valence-electron chi connectivity index (χ3n) is 5.84. The number of aryl methyl sites for hydroxylation is 1. The summed E-state index contributed by atoms with van der Waals surface area (Å²) in [6.45, 7) is 9.21. The van der Waals surface area contributed by atoms with Crippen LogP contribution in [0.1, 0.15) is 23.1 Å². The molecule has 0 aromatic heterocycles. The molecule has 28 heavy (non-hydrogen) atoms. The molecule has 2 aliphatic rings. The van der Waals surface area contributed by atoms with Gasteiger partial charge in [-0.15, -0.1) is 0 Å². The van der Waals surface area contributed by atoms with E-state index in [-0.39, 0.29) is 5.91 Å². The number of carbonyl (C=O) groups excluding carboxylic acids is 1. The maximum Gasteiger partial charge on any atom is 0.256 e. The second-order valence-corrected chi connectivity index (χ2v) is 7.66. The first-order valence-corrected chi connectivity index (χ1v) is 10.1. The number of nitrogens with zero attached hydrogens (tertiary/aromatic N) is 4. The molecule has 1 fully saturated rings. The van der Waals surface area contributed by atoms with Crippen LogP contribution in [0.2, 0.25) is 0 Å². The van der Waals surface area contributed by atoms with E-state index in [1.807, 2.05) is 18.2 Å². The van der Waals surface area contributed by atoms with Gasteiger partial charge < -0.3 is 4.90 Å². The van der Waals surface area contributed by atoms with E-state index >= 15 is 0 Å². The van der Waals surface area contributed by atoms with Gasteiger partial charge in [-0.3, -0.25) is 9.69 Å². The number of amides is 1. The van der Waals surface area contributed by atoms with Crippen LogP contribution in [0.25, 0.3) is 0 Å². The van der Waals surface area contributed by atoms with Crippen LogP contribution >= 0.6 is 0 Å². The van der Waals surface area contributed by atoms with Gasteiger partial charge in [-0.2, -0.15) is 5.10 Å². The fraction of sp³-hybridized carbons (Fsp3) is 0.391. The zero-order valence-electron chi connectivity index (χ0n) is 16.8. The Kier molecular flexibility index (Phi) is 5.44. The average molecular weight is 377 g/mol. The minimum Gasteiger partial charge on any atom is -0.369 e. The second kappa shape index (κ2) is 8.15. The van der Waals surface area contributed by atoms with Crippen molar-refractivity contribution in [3.8, 4) is 0 Å². The van der Waals surface area contributed by atoms with Crippen molar-refractivity contribution in [1.29, 1.82) is 0 Å². The van der Waals surface area contributed by atoms with Gasteiger partial charge in [0.1, 0.15) is 0 Å². The van der Waals surface area contributed by atoms with Gasteiger partial charge in [0.25, 0.3) is 5.91 Å². The summed E-state index contributed by atoms with van der Waals surface area (Å²) in [4.78, 5) is 17.4. The Morgan fingerprint density at radius 1 is 0.929 bits per heavy atom. The van der Waals surface area contributed by atoms with Gasteiger partial charge in [-0.1, -0.05) is 42.5 Å². The maximum absolute atomic E-state index is 12.7. The number of benzene rings is 2. The molecule has 4 rings (SSSR count). The van der Waals surface area contributed by atoms with Crippen molar-refractivity contribution in [1.82, 2.24) is 9.91 Å². The molecule has 0 aliphatic carbocycles. The first-order valence-electron chi connectivity index (χ1n) is 10.1. The van der Waals surface area contributed by atoms with E-state index in [0.29, 0.717) is 13.1 Å². The molecular formula is C23H28N4O. The summed E-state index contributed by atoms with van der Waals surface area (Å²) < 4.78 is 0. The Bertz CT molecular complexity index is 869. The number of rotatable bonds is 4. The van der Waals surface area contributed by atoms with Crippen LogP contribution < -0.4 is 4.90 Å². The van der Waals surface area contributed by atoms with E-state index in [1.165, 1.54) is 16.8 Å². The van der Waals surface area contributed by atoms with Crippen LogP contribution in [-0.4, -0.2) is 60.8 Å². The first kappa shape index (κ1) is 18.7. The van der Waals surface area contributed by atoms with Crippen LogP contribution in [0, 0.1) is 13.8 Å². The molecule has 2 aromatic carbocycles. The fourth-order valence-electron chi connectivity index (χ4n) is 3.97. The smallest absolute Gasteiger partial charge is 0.256 e. The van der Waals surface area contributed by atoms with Crippen LogP contribution in [0.4, 0.5) is 5.69 Å². The Morgan fingerprint density at radius 2 is 1.68 bits per heavy atom. The summed E-state index contributed by atoms with van der Waals surface area (Å²) in [6.07, 6.45) is 0.830. The summed E-state index contributed by atoms with van der Waals surface area (Å²) in [6, 6.07) is 16.6. The minimum atomic E-state index is 0.103. The van der Waals surface area contributed by atoms with Gasteiger partial charge in [-0.25, -0.2) is 5.01 Å². The lowest BCUT2D eigenvalue weighted by atomic mass is 10.1. The number of anilines is 1. The van der Waals surface area contributed by atoms with Gasteiger partial charge in [0, 0.05) is 38.3 Å². The normalized spacial score (nSPS) is 17.7. The monoisotopic (exact) mass is 376 g/mol. The van der Waals surface area contributed by atoms with E-state index < -0.39 is 0 Å². The Labute approximate surface area is 167 Å². The molecule has 5 nitrogen and oxygen atoms in total. The third kappa shape index (κ3) is 3.94. The molecular weight excluding hydrogens is 348 g/mol. The minimum absolute atomic E-state index is 0.103. The zero-order chi connectivity index (χ0) is 19.5. The molecule has 0 spiro atoms. The highest BCUT2D eigenvalue weighted by Gasteiger charge is 2.25. The number of carbonyl (C=O) groups is 1. The van der Waals surface area contributed by atoms with Crippen molar-refractivity contribution in [2.75, 3.05) is 44.2 Å². The summed E-state index contributed by atoms with van der Waals surface area (Å²) >= 11 is 0. The van der Waals surface area contributed by atoms with Crippen molar-refractivity contribution in [2.24, 2.45) is 5.10 Å². The van der Waals surface area contributed by atoms with Crippen molar-refractivity contribution >= 4 is 17.3 Å². The van der Waals surface area contributed by atoms with E-state index in [0.717, 1.165) is 43.9 Å². The Hall–Kier alpha value is -2.66.